The fraction of sp³-hybridized carbons (Fsp3) is 0.440. The first kappa shape index (κ1) is 23.8. The SMILES string of the molecule is COc1ccc(N2CCN(C(=O)C3CCCN(C(=O)c4ccccc4OC(F)F)C3)CC2)cc1. The molecule has 0 radical (unpaired) electrons. The molecule has 2 fully saturated rings. The van der Waals surface area contributed by atoms with Gasteiger partial charge in [0.1, 0.15) is 11.5 Å². The van der Waals surface area contributed by atoms with Crippen molar-refractivity contribution >= 4 is 17.5 Å². The number of nitrogens with zero attached hydrogens (tertiary/aromatic N) is 3. The number of rotatable bonds is 6. The van der Waals surface area contributed by atoms with Crippen LogP contribution in [0, 0.1) is 5.92 Å². The van der Waals surface area contributed by atoms with E-state index < -0.39 is 12.5 Å². The van der Waals surface area contributed by atoms with E-state index in [0.717, 1.165) is 24.5 Å². The van der Waals surface area contributed by atoms with Crippen LogP contribution >= 0.6 is 0 Å². The zero-order chi connectivity index (χ0) is 24.1. The van der Waals surface area contributed by atoms with Gasteiger partial charge in [0.05, 0.1) is 18.6 Å². The predicted octanol–water partition coefficient (Wildman–Crippen LogP) is 3.50. The molecule has 2 aromatic rings. The monoisotopic (exact) mass is 473 g/mol. The van der Waals surface area contributed by atoms with Crippen molar-refractivity contribution < 1.29 is 27.8 Å². The second-order valence-corrected chi connectivity index (χ2v) is 8.48. The fourth-order valence-electron chi connectivity index (χ4n) is 4.61. The first-order valence-electron chi connectivity index (χ1n) is 11.5. The number of carbonyl (C=O) groups is 2. The van der Waals surface area contributed by atoms with Gasteiger partial charge in [0.15, 0.2) is 0 Å². The Morgan fingerprint density at radius 1 is 0.941 bits per heavy atom. The molecule has 2 heterocycles. The van der Waals surface area contributed by atoms with Crippen molar-refractivity contribution in [2.75, 3.05) is 51.3 Å². The molecule has 2 saturated heterocycles. The van der Waals surface area contributed by atoms with Gasteiger partial charge in [-0.05, 0) is 49.2 Å². The average Bonchev–Trinajstić information content (AvgIpc) is 2.88. The smallest absolute Gasteiger partial charge is 0.387 e. The van der Waals surface area contributed by atoms with E-state index >= 15 is 0 Å². The van der Waals surface area contributed by atoms with Crippen molar-refractivity contribution in [1.82, 2.24) is 9.80 Å². The van der Waals surface area contributed by atoms with E-state index in [2.05, 4.69) is 9.64 Å². The molecule has 0 bridgehead atoms. The third-order valence-corrected chi connectivity index (χ3v) is 6.42. The predicted molar refractivity (Wildman–Crippen MR) is 123 cm³/mol. The molecule has 34 heavy (non-hydrogen) atoms. The molecule has 2 amide bonds. The molecule has 9 heteroatoms. The summed E-state index contributed by atoms with van der Waals surface area (Å²) < 4.78 is 35.2. The van der Waals surface area contributed by atoms with Gasteiger partial charge in [0.25, 0.3) is 5.91 Å². The summed E-state index contributed by atoms with van der Waals surface area (Å²) in [6.07, 6.45) is 1.39. The lowest BCUT2D eigenvalue weighted by Gasteiger charge is -2.39. The summed E-state index contributed by atoms with van der Waals surface area (Å²) in [6, 6.07) is 13.9. The van der Waals surface area contributed by atoms with Crippen molar-refractivity contribution in [2.24, 2.45) is 5.92 Å². The second kappa shape index (κ2) is 10.7. The van der Waals surface area contributed by atoms with Crippen LogP contribution in [0.3, 0.4) is 0 Å². The number of carbonyl (C=O) groups excluding carboxylic acids is 2. The minimum absolute atomic E-state index is 0.0454. The Morgan fingerprint density at radius 3 is 2.32 bits per heavy atom. The van der Waals surface area contributed by atoms with E-state index in [-0.39, 0.29) is 29.7 Å². The minimum Gasteiger partial charge on any atom is -0.497 e. The van der Waals surface area contributed by atoms with E-state index in [9.17, 15) is 18.4 Å². The Morgan fingerprint density at radius 2 is 1.65 bits per heavy atom. The summed E-state index contributed by atoms with van der Waals surface area (Å²) in [6.45, 7) is 0.426. The molecule has 182 valence electrons. The molecule has 0 aliphatic carbocycles. The number of hydrogen-bond acceptors (Lipinski definition) is 5. The quantitative estimate of drug-likeness (QED) is 0.643. The third kappa shape index (κ3) is 5.40. The highest BCUT2D eigenvalue weighted by Crippen LogP contribution is 2.27. The summed E-state index contributed by atoms with van der Waals surface area (Å²) in [4.78, 5) is 32.0. The van der Waals surface area contributed by atoms with E-state index in [1.165, 1.54) is 12.1 Å². The van der Waals surface area contributed by atoms with E-state index in [1.54, 1.807) is 24.1 Å². The standard InChI is InChI=1S/C25H29F2N3O4/c1-33-20-10-8-19(9-11-20)28-13-15-29(16-14-28)23(31)18-5-4-12-30(17-18)24(32)21-6-2-3-7-22(21)34-25(26)27/h2-3,6-11,18,25H,4-5,12-17H2,1H3. The van der Waals surface area contributed by atoms with Crippen molar-refractivity contribution in [3.63, 3.8) is 0 Å². The zero-order valence-electron chi connectivity index (χ0n) is 19.2. The summed E-state index contributed by atoms with van der Waals surface area (Å²) in [7, 11) is 1.63. The number of alkyl halides is 2. The molecule has 2 aliphatic heterocycles. The Hall–Kier alpha value is -3.36. The van der Waals surface area contributed by atoms with E-state index in [4.69, 9.17) is 4.74 Å². The van der Waals surface area contributed by atoms with Crippen molar-refractivity contribution in [3.8, 4) is 11.5 Å². The van der Waals surface area contributed by atoms with Gasteiger partial charge in [-0.3, -0.25) is 9.59 Å². The van der Waals surface area contributed by atoms with Crippen LogP contribution in [0.5, 0.6) is 11.5 Å². The lowest BCUT2D eigenvalue weighted by atomic mass is 9.95. The van der Waals surface area contributed by atoms with Crippen molar-refractivity contribution in [1.29, 1.82) is 0 Å². The van der Waals surface area contributed by atoms with E-state index in [1.807, 2.05) is 29.2 Å². The van der Waals surface area contributed by atoms with Gasteiger partial charge in [-0.25, -0.2) is 0 Å². The molecule has 7 nitrogen and oxygen atoms in total. The highest BCUT2D eigenvalue weighted by atomic mass is 19.3. The largest absolute Gasteiger partial charge is 0.497 e. The minimum atomic E-state index is -3.01. The number of anilines is 1. The molecule has 0 spiro atoms. The van der Waals surface area contributed by atoms with Gasteiger partial charge in [-0.15, -0.1) is 0 Å². The van der Waals surface area contributed by atoms with Gasteiger partial charge >= 0.3 is 6.61 Å². The second-order valence-electron chi connectivity index (χ2n) is 8.48. The molecule has 0 aromatic heterocycles. The summed E-state index contributed by atoms with van der Waals surface area (Å²) >= 11 is 0. The van der Waals surface area contributed by atoms with Crippen molar-refractivity contribution in [2.45, 2.75) is 19.5 Å². The third-order valence-electron chi connectivity index (χ3n) is 6.42. The van der Waals surface area contributed by atoms with Crippen LogP contribution in [0.1, 0.15) is 23.2 Å². The summed E-state index contributed by atoms with van der Waals surface area (Å²) in [5, 5.41) is 0. The molecule has 0 saturated carbocycles. The Kier molecular flexibility index (Phi) is 7.49. The number of piperidine rings is 1. The maximum atomic E-state index is 13.2. The van der Waals surface area contributed by atoms with Crippen LogP contribution < -0.4 is 14.4 Å². The first-order chi connectivity index (χ1) is 16.5. The first-order valence-corrected chi connectivity index (χ1v) is 11.5. The number of hydrogen-bond donors (Lipinski definition) is 0. The average molecular weight is 474 g/mol. The molecule has 1 atom stereocenters. The number of likely N-dealkylation sites (tertiary alicyclic amines) is 1. The van der Waals surface area contributed by atoms with Crippen LogP contribution in [0.2, 0.25) is 0 Å². The number of halogens is 2. The molecule has 4 rings (SSSR count). The van der Waals surface area contributed by atoms with Gasteiger partial charge in [0.2, 0.25) is 5.91 Å². The van der Waals surface area contributed by atoms with Gasteiger partial charge in [0, 0.05) is 45.0 Å². The molecular weight excluding hydrogens is 444 g/mol. The van der Waals surface area contributed by atoms with Gasteiger partial charge in [-0.2, -0.15) is 8.78 Å². The maximum absolute atomic E-state index is 13.2. The Balaban J connectivity index is 1.35. The molecular formula is C25H29F2N3O4. The lowest BCUT2D eigenvalue weighted by molar-refractivity contribution is -0.137. The Bertz CT molecular complexity index is 994. The Labute approximate surface area is 197 Å². The fourth-order valence-corrected chi connectivity index (χ4v) is 4.61. The van der Waals surface area contributed by atoms with Crippen LogP contribution in [0.15, 0.2) is 48.5 Å². The topological polar surface area (TPSA) is 62.3 Å². The molecule has 2 aromatic carbocycles. The molecule has 1 unspecified atom stereocenters. The number of ether oxygens (including phenoxy) is 2. The summed E-state index contributed by atoms with van der Waals surface area (Å²) in [5.74, 6) is 0.0125. The number of methoxy groups -OCH3 is 1. The van der Waals surface area contributed by atoms with Crippen LogP contribution in [-0.4, -0.2) is 74.6 Å². The number of para-hydroxylation sites is 1. The van der Waals surface area contributed by atoms with Crippen LogP contribution in [0.25, 0.3) is 0 Å². The summed E-state index contributed by atoms with van der Waals surface area (Å²) in [5.41, 5.74) is 1.18. The van der Waals surface area contributed by atoms with Crippen molar-refractivity contribution in [3.05, 3.63) is 54.1 Å². The van der Waals surface area contributed by atoms with Crippen LogP contribution in [-0.2, 0) is 4.79 Å². The van der Waals surface area contributed by atoms with Gasteiger partial charge in [-0.1, -0.05) is 12.1 Å². The normalized spacial score (nSPS) is 18.7. The number of amides is 2. The molecule has 2 aliphatic rings. The molecule has 0 N–H and O–H groups in total. The van der Waals surface area contributed by atoms with E-state index in [0.29, 0.717) is 32.5 Å². The number of piperazine rings is 1. The maximum Gasteiger partial charge on any atom is 0.387 e. The van der Waals surface area contributed by atoms with Gasteiger partial charge < -0.3 is 24.2 Å². The zero-order valence-corrected chi connectivity index (χ0v) is 19.2. The highest BCUT2D eigenvalue weighted by molar-refractivity contribution is 5.97. The highest BCUT2D eigenvalue weighted by Gasteiger charge is 2.33. The van der Waals surface area contributed by atoms with Crippen LogP contribution in [0.4, 0.5) is 14.5 Å². The lowest BCUT2D eigenvalue weighted by Crippen LogP contribution is -2.53. The number of benzene rings is 2.